The molecule has 13 heavy (non-hydrogen) atoms. The van der Waals surface area contributed by atoms with Gasteiger partial charge in [-0.25, -0.2) is 14.6 Å². The van der Waals surface area contributed by atoms with E-state index in [2.05, 4.69) is 14.5 Å². The first kappa shape index (κ1) is 11.4. The molecule has 0 aromatic heterocycles. The number of rotatable bonds is 3. The molecule has 0 spiro atoms. The Morgan fingerprint density at radius 3 is 2.54 bits per heavy atom. The van der Waals surface area contributed by atoms with Crippen molar-refractivity contribution in [1.29, 1.82) is 0 Å². The molecule has 0 rings (SSSR count). The van der Waals surface area contributed by atoms with Crippen molar-refractivity contribution < 1.29 is 34.0 Å². The zero-order valence-electron chi connectivity index (χ0n) is 6.76. The molecule has 7 nitrogen and oxygen atoms in total. The molecule has 0 radical (unpaired) electrons. The van der Waals surface area contributed by atoms with Crippen LogP contribution in [0.2, 0.25) is 0 Å². The van der Waals surface area contributed by atoms with Gasteiger partial charge in [0.15, 0.2) is 0 Å². The molecule has 1 atom stereocenters. The van der Waals surface area contributed by atoms with Crippen LogP contribution >= 0.6 is 0 Å². The topological polar surface area (TPSA) is 99.1 Å². The van der Waals surface area contributed by atoms with E-state index in [0.29, 0.717) is 0 Å². The van der Waals surface area contributed by atoms with Crippen molar-refractivity contribution in [3.05, 3.63) is 0 Å². The van der Waals surface area contributed by atoms with Crippen molar-refractivity contribution in [3.63, 3.8) is 0 Å². The lowest BCUT2D eigenvalue weighted by Crippen LogP contribution is -2.16. The van der Waals surface area contributed by atoms with Crippen LogP contribution in [0.1, 0.15) is 13.3 Å². The Bertz CT molecular complexity index is 197. The van der Waals surface area contributed by atoms with Crippen molar-refractivity contribution in [1.82, 2.24) is 0 Å². The van der Waals surface area contributed by atoms with Gasteiger partial charge < -0.3 is 9.84 Å². The molecule has 0 aliphatic carbocycles. The number of hydrogen-bond acceptors (Lipinski definition) is 7. The first-order valence-corrected chi connectivity index (χ1v) is 3.26. The third kappa shape index (κ3) is 6.76. The number of hydrogen-bond donors (Lipinski definition) is 1. The maximum atomic E-state index is 10.6. The molecule has 0 amide bonds. The fraction of sp³-hybridized carbons (Fsp3) is 0.500. The molecule has 0 aliphatic heterocycles. The zero-order chi connectivity index (χ0) is 10.3. The summed E-state index contributed by atoms with van der Waals surface area (Å²) in [7, 11) is 0. The number of ether oxygens (including phenoxy) is 1. The van der Waals surface area contributed by atoms with Crippen LogP contribution in [0.4, 0.5) is 4.79 Å². The zero-order valence-corrected chi connectivity index (χ0v) is 6.76. The second-order valence-electron chi connectivity index (χ2n) is 2.06. The van der Waals surface area contributed by atoms with E-state index in [0.717, 1.165) is 0 Å². The predicted octanol–water partition coefficient (Wildman–Crippen LogP) is -0.475. The Morgan fingerprint density at radius 2 is 2.08 bits per heavy atom. The first-order chi connectivity index (χ1) is 6.06. The second-order valence-corrected chi connectivity index (χ2v) is 2.06. The largest absolute Gasteiger partial charge is 0.557 e. The summed E-state index contributed by atoms with van der Waals surface area (Å²) in [5, 5.41) is 8.66. The van der Waals surface area contributed by atoms with Gasteiger partial charge in [-0.15, -0.1) is 0 Å². The second kappa shape index (κ2) is 5.95. The summed E-state index contributed by atoms with van der Waals surface area (Å²) >= 11 is 0. The molecule has 0 heterocycles. The minimum Gasteiger partial charge on any atom is -0.393 e. The van der Waals surface area contributed by atoms with E-state index in [1.807, 2.05) is 0 Å². The molecule has 0 aromatic rings. The van der Waals surface area contributed by atoms with Crippen LogP contribution in [0.15, 0.2) is 0 Å². The SMILES string of the molecule is CC(O)CC(=O)OOC(=O)OC=O. The van der Waals surface area contributed by atoms with Gasteiger partial charge in [0.25, 0.3) is 0 Å². The quantitative estimate of drug-likeness (QED) is 0.212. The molecule has 1 N–H and O–H groups in total. The smallest absolute Gasteiger partial charge is 0.393 e. The summed E-state index contributed by atoms with van der Waals surface area (Å²) in [5.41, 5.74) is 0. The van der Waals surface area contributed by atoms with Crippen LogP contribution in [0, 0.1) is 0 Å². The van der Waals surface area contributed by atoms with Gasteiger partial charge in [0.1, 0.15) is 0 Å². The third-order valence-corrected chi connectivity index (χ3v) is 0.809. The average Bonchev–Trinajstić information content (AvgIpc) is 2.00. The van der Waals surface area contributed by atoms with E-state index in [1.54, 1.807) is 0 Å². The minimum absolute atomic E-state index is 0.176. The lowest BCUT2D eigenvalue weighted by atomic mass is 10.3. The van der Waals surface area contributed by atoms with Gasteiger partial charge in [-0.2, -0.15) is 4.79 Å². The van der Waals surface area contributed by atoms with Crippen LogP contribution in [0.25, 0.3) is 0 Å². The average molecular weight is 192 g/mol. The van der Waals surface area contributed by atoms with Gasteiger partial charge in [-0.05, 0) is 6.92 Å². The summed E-state index contributed by atoms with van der Waals surface area (Å²) in [6.07, 6.45) is -2.68. The highest BCUT2D eigenvalue weighted by Crippen LogP contribution is 1.94. The molecule has 1 unspecified atom stereocenters. The van der Waals surface area contributed by atoms with Gasteiger partial charge in [0, 0.05) is 0 Å². The minimum atomic E-state index is -1.45. The Kier molecular flexibility index (Phi) is 5.20. The molecule has 0 saturated heterocycles. The standard InChI is InChI=1S/C6H8O7/c1-4(8)2-5(9)12-13-6(10)11-3-7/h3-4,8H,2H2,1H3. The van der Waals surface area contributed by atoms with Crippen LogP contribution in [0.5, 0.6) is 0 Å². The van der Waals surface area contributed by atoms with E-state index in [9.17, 15) is 14.4 Å². The summed E-state index contributed by atoms with van der Waals surface area (Å²) in [5.74, 6) is -0.946. The number of aliphatic hydroxyl groups is 1. The van der Waals surface area contributed by atoms with E-state index in [4.69, 9.17) is 5.11 Å². The molecule has 0 fully saturated rings. The highest BCUT2D eigenvalue weighted by molar-refractivity contribution is 5.72. The Morgan fingerprint density at radius 1 is 1.46 bits per heavy atom. The monoisotopic (exact) mass is 192 g/mol. The Hall–Kier alpha value is -1.63. The normalized spacial score (nSPS) is 11.2. The number of carbonyl (C=O) groups excluding carboxylic acids is 3. The predicted molar refractivity (Wildman–Crippen MR) is 36.0 cm³/mol. The van der Waals surface area contributed by atoms with Gasteiger partial charge in [0.05, 0.1) is 12.5 Å². The van der Waals surface area contributed by atoms with Crippen LogP contribution < -0.4 is 0 Å². The lowest BCUT2D eigenvalue weighted by Gasteiger charge is -2.02. The lowest BCUT2D eigenvalue weighted by molar-refractivity contribution is -0.243. The maximum Gasteiger partial charge on any atom is 0.557 e. The first-order valence-electron chi connectivity index (χ1n) is 3.26. The fourth-order valence-electron chi connectivity index (χ4n) is 0.415. The maximum absolute atomic E-state index is 10.6. The summed E-state index contributed by atoms with van der Waals surface area (Å²) in [6, 6.07) is 0. The molecular weight excluding hydrogens is 184 g/mol. The summed E-state index contributed by atoms with van der Waals surface area (Å²) < 4.78 is 3.62. The Balaban J connectivity index is 3.57. The molecule has 74 valence electrons. The van der Waals surface area contributed by atoms with Gasteiger partial charge in [-0.1, -0.05) is 0 Å². The molecule has 0 bridgehead atoms. The Labute approximate surface area is 73.1 Å². The molecule has 0 saturated carbocycles. The van der Waals surface area contributed by atoms with Crippen molar-refractivity contribution in [2.75, 3.05) is 0 Å². The fourth-order valence-corrected chi connectivity index (χ4v) is 0.415. The highest BCUT2D eigenvalue weighted by atomic mass is 17.2. The third-order valence-electron chi connectivity index (χ3n) is 0.809. The van der Waals surface area contributed by atoms with E-state index < -0.39 is 18.2 Å². The van der Waals surface area contributed by atoms with E-state index in [1.165, 1.54) is 6.92 Å². The molecular formula is C6H8O7. The van der Waals surface area contributed by atoms with Crippen LogP contribution in [-0.4, -0.2) is 29.8 Å². The van der Waals surface area contributed by atoms with Crippen LogP contribution in [-0.2, 0) is 24.1 Å². The van der Waals surface area contributed by atoms with Crippen molar-refractivity contribution in [3.8, 4) is 0 Å². The summed E-state index contributed by atoms with van der Waals surface area (Å²) in [4.78, 5) is 37.8. The summed E-state index contributed by atoms with van der Waals surface area (Å²) in [6.45, 7) is 1.18. The molecule has 0 aromatic carbocycles. The number of aliphatic hydroxyl groups excluding tert-OH is 1. The highest BCUT2D eigenvalue weighted by Gasteiger charge is 2.12. The van der Waals surface area contributed by atoms with Gasteiger partial charge in [-0.3, -0.25) is 4.79 Å². The van der Waals surface area contributed by atoms with Crippen molar-refractivity contribution in [2.24, 2.45) is 0 Å². The van der Waals surface area contributed by atoms with Crippen LogP contribution in [0.3, 0.4) is 0 Å². The van der Waals surface area contributed by atoms with Gasteiger partial charge >= 0.3 is 18.6 Å². The molecule has 7 heteroatoms. The van der Waals surface area contributed by atoms with Crippen molar-refractivity contribution >= 4 is 18.6 Å². The van der Waals surface area contributed by atoms with E-state index >= 15 is 0 Å². The number of carbonyl (C=O) groups is 3. The van der Waals surface area contributed by atoms with Crippen molar-refractivity contribution in [2.45, 2.75) is 19.4 Å². The van der Waals surface area contributed by atoms with Gasteiger partial charge in [0.2, 0.25) is 0 Å². The molecule has 0 aliphatic rings. The van der Waals surface area contributed by atoms with E-state index in [-0.39, 0.29) is 12.9 Å².